The Morgan fingerprint density at radius 2 is 2.14 bits per heavy atom. The average molecular weight is 396 g/mol. The van der Waals surface area contributed by atoms with Crippen LogP contribution in [0.3, 0.4) is 0 Å². The van der Waals surface area contributed by atoms with Gasteiger partial charge < -0.3 is 14.8 Å². The predicted octanol–water partition coefficient (Wildman–Crippen LogP) is 3.18. The van der Waals surface area contributed by atoms with E-state index in [1.54, 1.807) is 24.6 Å². The molecule has 0 bridgehead atoms. The number of hydrogen-bond acceptors (Lipinski definition) is 9. The number of methoxy groups -OCH3 is 1. The minimum Gasteiger partial charge on any atom is -0.497 e. The molecule has 142 valence electrons. The summed E-state index contributed by atoms with van der Waals surface area (Å²) in [7, 11) is 1.63. The molecule has 1 aromatic carbocycles. The molecule has 1 N–H and O–H groups in total. The van der Waals surface area contributed by atoms with Crippen LogP contribution in [0.1, 0.15) is 17.4 Å². The Balaban J connectivity index is 1.57. The maximum absolute atomic E-state index is 11.6. The molecule has 0 aliphatic rings. The van der Waals surface area contributed by atoms with Crippen LogP contribution in [-0.4, -0.2) is 44.5 Å². The number of rotatable bonds is 6. The van der Waals surface area contributed by atoms with Crippen LogP contribution >= 0.6 is 11.3 Å². The molecular formula is C18H16N6O3S. The normalized spacial score (nSPS) is 10.8. The van der Waals surface area contributed by atoms with E-state index in [9.17, 15) is 4.79 Å². The minimum absolute atomic E-state index is 0.145. The zero-order valence-electron chi connectivity index (χ0n) is 15.1. The molecule has 0 saturated heterocycles. The number of carbonyl (C=O) groups is 1. The van der Waals surface area contributed by atoms with Gasteiger partial charge in [-0.05, 0) is 31.2 Å². The van der Waals surface area contributed by atoms with Crippen LogP contribution < -0.4 is 10.1 Å². The summed E-state index contributed by atoms with van der Waals surface area (Å²) < 4.78 is 11.9. The van der Waals surface area contributed by atoms with E-state index < -0.39 is 5.97 Å². The van der Waals surface area contributed by atoms with Gasteiger partial charge in [-0.1, -0.05) is 12.1 Å². The largest absolute Gasteiger partial charge is 0.497 e. The maximum atomic E-state index is 11.6. The van der Waals surface area contributed by atoms with E-state index in [1.165, 1.54) is 17.4 Å². The summed E-state index contributed by atoms with van der Waals surface area (Å²) in [4.78, 5) is 16.8. The highest BCUT2D eigenvalue weighted by molar-refractivity contribution is 7.15. The summed E-state index contributed by atoms with van der Waals surface area (Å²) in [5.74, 6) is 1.07. The Labute approximate surface area is 164 Å². The maximum Gasteiger partial charge on any atom is 0.358 e. The third-order valence-corrected chi connectivity index (χ3v) is 4.65. The van der Waals surface area contributed by atoms with E-state index in [0.717, 1.165) is 22.0 Å². The van der Waals surface area contributed by atoms with Crippen molar-refractivity contribution in [1.82, 2.24) is 24.8 Å². The SMILES string of the molecule is CCOC(=O)c1ccc(Nc2nc3scc(-c4cccc(OC)c4)n3n2)nn1. The van der Waals surface area contributed by atoms with Crippen molar-refractivity contribution in [3.63, 3.8) is 0 Å². The Morgan fingerprint density at radius 1 is 1.25 bits per heavy atom. The molecule has 10 heteroatoms. The third kappa shape index (κ3) is 3.49. The second kappa shape index (κ2) is 7.61. The summed E-state index contributed by atoms with van der Waals surface area (Å²) in [5.41, 5.74) is 2.02. The molecule has 3 heterocycles. The topological polar surface area (TPSA) is 104 Å². The first-order valence-electron chi connectivity index (χ1n) is 8.44. The Kier molecular flexibility index (Phi) is 4.85. The van der Waals surface area contributed by atoms with Crippen LogP contribution in [0.25, 0.3) is 16.2 Å². The van der Waals surface area contributed by atoms with Crippen molar-refractivity contribution in [2.75, 3.05) is 19.0 Å². The number of nitrogens with zero attached hydrogens (tertiary/aromatic N) is 5. The second-order valence-corrected chi connectivity index (χ2v) is 6.47. The molecule has 0 unspecified atom stereocenters. The van der Waals surface area contributed by atoms with Gasteiger partial charge in [-0.25, -0.2) is 9.31 Å². The van der Waals surface area contributed by atoms with E-state index in [0.29, 0.717) is 11.8 Å². The fourth-order valence-electron chi connectivity index (χ4n) is 2.54. The van der Waals surface area contributed by atoms with E-state index in [2.05, 4.69) is 25.6 Å². The Hall–Kier alpha value is -3.53. The van der Waals surface area contributed by atoms with E-state index >= 15 is 0 Å². The molecule has 0 aliphatic heterocycles. The smallest absolute Gasteiger partial charge is 0.358 e. The number of aromatic nitrogens is 5. The van der Waals surface area contributed by atoms with Crippen molar-refractivity contribution in [2.45, 2.75) is 6.92 Å². The van der Waals surface area contributed by atoms with Crippen LogP contribution in [0.15, 0.2) is 41.8 Å². The highest BCUT2D eigenvalue weighted by atomic mass is 32.1. The van der Waals surface area contributed by atoms with Crippen LogP contribution in [0.5, 0.6) is 5.75 Å². The lowest BCUT2D eigenvalue weighted by atomic mass is 10.2. The number of hydrogen-bond donors (Lipinski definition) is 1. The van der Waals surface area contributed by atoms with Crippen molar-refractivity contribution in [1.29, 1.82) is 0 Å². The Bertz CT molecular complexity index is 1120. The van der Waals surface area contributed by atoms with Crippen molar-refractivity contribution in [3.05, 3.63) is 47.5 Å². The third-order valence-electron chi connectivity index (χ3n) is 3.84. The van der Waals surface area contributed by atoms with Crippen LogP contribution in [0.4, 0.5) is 11.8 Å². The summed E-state index contributed by atoms with van der Waals surface area (Å²) in [6.07, 6.45) is 0. The van der Waals surface area contributed by atoms with E-state index in [4.69, 9.17) is 9.47 Å². The summed E-state index contributed by atoms with van der Waals surface area (Å²) in [5, 5.41) is 17.3. The van der Waals surface area contributed by atoms with Gasteiger partial charge in [-0.2, -0.15) is 4.98 Å². The molecule has 4 rings (SSSR count). The van der Waals surface area contributed by atoms with Gasteiger partial charge in [-0.15, -0.1) is 26.6 Å². The summed E-state index contributed by atoms with van der Waals surface area (Å²) in [6, 6.07) is 10.9. The fraction of sp³-hybridized carbons (Fsp3) is 0.167. The molecule has 4 aromatic rings. The molecular weight excluding hydrogens is 380 g/mol. The molecule has 0 aliphatic carbocycles. The van der Waals surface area contributed by atoms with Gasteiger partial charge in [0, 0.05) is 10.9 Å². The van der Waals surface area contributed by atoms with Crippen molar-refractivity contribution >= 4 is 34.0 Å². The summed E-state index contributed by atoms with van der Waals surface area (Å²) >= 11 is 1.48. The zero-order valence-corrected chi connectivity index (χ0v) is 15.9. The fourth-order valence-corrected chi connectivity index (χ4v) is 3.37. The van der Waals surface area contributed by atoms with Crippen LogP contribution in [0.2, 0.25) is 0 Å². The van der Waals surface area contributed by atoms with Gasteiger partial charge in [0.05, 0.1) is 19.4 Å². The van der Waals surface area contributed by atoms with Gasteiger partial charge in [0.25, 0.3) is 0 Å². The van der Waals surface area contributed by atoms with Gasteiger partial charge in [-0.3, -0.25) is 0 Å². The first-order valence-corrected chi connectivity index (χ1v) is 9.32. The summed E-state index contributed by atoms with van der Waals surface area (Å²) in [6.45, 7) is 2.02. The molecule has 0 amide bonds. The molecule has 28 heavy (non-hydrogen) atoms. The molecule has 0 fully saturated rings. The first kappa shape index (κ1) is 17.9. The first-order chi connectivity index (χ1) is 13.7. The van der Waals surface area contributed by atoms with Crippen LogP contribution in [-0.2, 0) is 4.74 Å². The average Bonchev–Trinajstić information content (AvgIpc) is 3.29. The number of ether oxygens (including phenoxy) is 2. The van der Waals surface area contributed by atoms with Gasteiger partial charge in [0.2, 0.25) is 10.9 Å². The lowest BCUT2D eigenvalue weighted by Gasteiger charge is -2.03. The highest BCUT2D eigenvalue weighted by Gasteiger charge is 2.14. The van der Waals surface area contributed by atoms with Crippen molar-refractivity contribution < 1.29 is 14.3 Å². The highest BCUT2D eigenvalue weighted by Crippen LogP contribution is 2.28. The molecule has 0 spiro atoms. The van der Waals surface area contributed by atoms with Gasteiger partial charge in [0.15, 0.2) is 11.5 Å². The number of carbonyl (C=O) groups excluding carboxylic acids is 1. The van der Waals surface area contributed by atoms with E-state index in [-0.39, 0.29) is 12.3 Å². The van der Waals surface area contributed by atoms with Crippen molar-refractivity contribution in [3.8, 4) is 17.0 Å². The van der Waals surface area contributed by atoms with Crippen LogP contribution in [0, 0.1) is 0 Å². The van der Waals surface area contributed by atoms with Gasteiger partial charge >= 0.3 is 5.97 Å². The number of thiazole rings is 1. The number of esters is 1. The monoisotopic (exact) mass is 396 g/mol. The minimum atomic E-state index is -0.509. The lowest BCUT2D eigenvalue weighted by molar-refractivity contribution is 0.0518. The number of benzene rings is 1. The quantitative estimate of drug-likeness (QED) is 0.496. The molecule has 3 aromatic heterocycles. The second-order valence-electron chi connectivity index (χ2n) is 5.63. The number of fused-ring (bicyclic) bond motifs is 1. The molecule has 0 radical (unpaired) electrons. The number of anilines is 2. The zero-order chi connectivity index (χ0) is 19.5. The van der Waals surface area contributed by atoms with Crippen molar-refractivity contribution in [2.24, 2.45) is 0 Å². The molecule has 0 atom stereocenters. The van der Waals surface area contributed by atoms with E-state index in [1.807, 2.05) is 29.6 Å². The Morgan fingerprint density at radius 3 is 2.89 bits per heavy atom. The molecule has 9 nitrogen and oxygen atoms in total. The number of nitrogens with one attached hydrogen (secondary N) is 1. The standard InChI is InChI=1S/C18H16N6O3S/c1-3-27-16(25)13-7-8-15(22-21-13)19-17-20-18-24(23-17)14(10-28-18)11-5-4-6-12(9-11)26-2/h4-10H,3H2,1-2H3,(H,19,22,23). The molecule has 0 saturated carbocycles. The predicted molar refractivity (Wildman–Crippen MR) is 104 cm³/mol. The lowest BCUT2D eigenvalue weighted by Crippen LogP contribution is -2.08. The van der Waals surface area contributed by atoms with Gasteiger partial charge in [0.1, 0.15) is 5.75 Å².